The van der Waals surface area contributed by atoms with E-state index >= 15 is 0 Å². The topological polar surface area (TPSA) is 64.4 Å². The van der Waals surface area contributed by atoms with Crippen LogP contribution in [-0.2, 0) is 28.9 Å². The number of carbonyl (C=O) groups excluding carboxylic acids is 1. The lowest BCUT2D eigenvalue weighted by atomic mass is 9.97. The van der Waals surface area contributed by atoms with Crippen LogP contribution in [0.25, 0.3) is 10.2 Å². The third kappa shape index (κ3) is 4.00. The van der Waals surface area contributed by atoms with Crippen molar-refractivity contribution in [1.29, 1.82) is 0 Å². The molecule has 3 heterocycles. The first kappa shape index (κ1) is 21.7. The number of hydrogen-bond donors (Lipinski definition) is 0. The Morgan fingerprint density at radius 1 is 1.19 bits per heavy atom. The van der Waals surface area contributed by atoms with Gasteiger partial charge in [0.15, 0.2) is 5.16 Å². The zero-order valence-electron chi connectivity index (χ0n) is 18.2. The number of rotatable bonds is 5. The van der Waals surface area contributed by atoms with E-state index < -0.39 is 5.25 Å². The van der Waals surface area contributed by atoms with E-state index in [9.17, 15) is 9.59 Å². The van der Waals surface area contributed by atoms with Crippen LogP contribution in [-0.4, -0.2) is 46.7 Å². The van der Waals surface area contributed by atoms with Gasteiger partial charge in [0.1, 0.15) is 10.1 Å². The van der Waals surface area contributed by atoms with E-state index in [2.05, 4.69) is 0 Å². The third-order valence-corrected chi connectivity index (χ3v) is 8.65. The molecule has 2 aromatic heterocycles. The number of thioether (sulfide) groups is 1. The Morgan fingerprint density at radius 3 is 2.69 bits per heavy atom. The molecule has 0 unspecified atom stereocenters. The fourth-order valence-corrected chi connectivity index (χ4v) is 7.08. The number of aromatic nitrogens is 2. The predicted molar refractivity (Wildman–Crippen MR) is 129 cm³/mol. The van der Waals surface area contributed by atoms with Crippen LogP contribution in [0.1, 0.15) is 41.0 Å². The Labute approximate surface area is 195 Å². The molecule has 6 nitrogen and oxygen atoms in total. The fourth-order valence-electron chi connectivity index (χ4n) is 4.53. The van der Waals surface area contributed by atoms with Gasteiger partial charge in [0.05, 0.1) is 18.6 Å². The molecule has 0 spiro atoms. The number of benzene rings is 1. The van der Waals surface area contributed by atoms with Crippen LogP contribution >= 0.6 is 23.1 Å². The number of thiophene rings is 1. The van der Waals surface area contributed by atoms with E-state index in [-0.39, 0.29) is 11.5 Å². The van der Waals surface area contributed by atoms with Crippen LogP contribution in [0, 0.1) is 0 Å². The van der Waals surface area contributed by atoms with Gasteiger partial charge in [0.2, 0.25) is 5.91 Å². The average molecular weight is 470 g/mol. The Kier molecular flexibility index (Phi) is 6.35. The minimum absolute atomic E-state index is 0.0324. The molecule has 3 aromatic rings. The van der Waals surface area contributed by atoms with Crippen molar-refractivity contribution in [2.75, 3.05) is 26.3 Å². The van der Waals surface area contributed by atoms with Gasteiger partial charge < -0.3 is 9.64 Å². The maximum absolute atomic E-state index is 13.5. The second-order valence-corrected chi connectivity index (χ2v) is 10.3. The molecule has 1 atom stereocenters. The van der Waals surface area contributed by atoms with Crippen molar-refractivity contribution >= 4 is 39.2 Å². The summed E-state index contributed by atoms with van der Waals surface area (Å²) in [7, 11) is 0. The van der Waals surface area contributed by atoms with Crippen LogP contribution in [0.5, 0.6) is 0 Å². The molecule has 0 bridgehead atoms. The van der Waals surface area contributed by atoms with E-state index in [4.69, 9.17) is 9.72 Å². The van der Waals surface area contributed by atoms with Gasteiger partial charge in [-0.3, -0.25) is 14.2 Å². The highest BCUT2D eigenvalue weighted by molar-refractivity contribution is 8.00. The van der Waals surface area contributed by atoms with Gasteiger partial charge in [-0.15, -0.1) is 11.3 Å². The third-order valence-electron chi connectivity index (χ3n) is 6.23. The Morgan fingerprint density at radius 2 is 1.94 bits per heavy atom. The van der Waals surface area contributed by atoms with Crippen molar-refractivity contribution in [3.8, 4) is 0 Å². The summed E-state index contributed by atoms with van der Waals surface area (Å²) in [6.07, 6.45) is 4.30. The maximum Gasteiger partial charge on any atom is 0.263 e. The van der Waals surface area contributed by atoms with Gasteiger partial charge >= 0.3 is 0 Å². The second-order valence-electron chi connectivity index (χ2n) is 8.18. The van der Waals surface area contributed by atoms with Crippen LogP contribution in [0.15, 0.2) is 40.3 Å². The first-order valence-electron chi connectivity index (χ1n) is 11.3. The number of hydrogen-bond acceptors (Lipinski definition) is 6. The highest BCUT2D eigenvalue weighted by Gasteiger charge is 2.30. The van der Waals surface area contributed by atoms with Crippen molar-refractivity contribution in [3.05, 3.63) is 56.7 Å². The Balaban J connectivity index is 1.57. The summed E-state index contributed by atoms with van der Waals surface area (Å²) < 4.78 is 7.18. The number of aryl methyl sites for hydroxylation is 2. The number of amides is 1. The Hall–Kier alpha value is -2.16. The monoisotopic (exact) mass is 469 g/mol. The average Bonchev–Trinajstić information content (AvgIpc) is 3.22. The van der Waals surface area contributed by atoms with E-state index in [1.165, 1.54) is 28.6 Å². The van der Waals surface area contributed by atoms with Gasteiger partial charge in [0.25, 0.3) is 5.56 Å². The summed E-state index contributed by atoms with van der Waals surface area (Å²) in [4.78, 5) is 36.0. The molecule has 0 saturated carbocycles. The van der Waals surface area contributed by atoms with Gasteiger partial charge in [-0.05, 0) is 43.7 Å². The lowest BCUT2D eigenvalue weighted by Gasteiger charge is -2.30. The van der Waals surface area contributed by atoms with Gasteiger partial charge in [-0.2, -0.15) is 0 Å². The normalized spacial score (nSPS) is 17.3. The fraction of sp³-hybridized carbons (Fsp3) is 0.458. The first-order valence-corrected chi connectivity index (χ1v) is 13.0. The van der Waals surface area contributed by atoms with Gasteiger partial charge in [-0.1, -0.05) is 42.1 Å². The molecule has 5 rings (SSSR count). The molecule has 8 heteroatoms. The largest absolute Gasteiger partial charge is 0.378 e. The van der Waals surface area contributed by atoms with Gasteiger partial charge in [0, 0.05) is 24.5 Å². The quantitative estimate of drug-likeness (QED) is 0.417. The molecule has 1 aromatic carbocycles. The number of ether oxygens (including phenoxy) is 1. The second kappa shape index (κ2) is 9.37. The predicted octanol–water partition coefficient (Wildman–Crippen LogP) is 4.05. The smallest absolute Gasteiger partial charge is 0.263 e. The SMILES string of the molecule is CCn1c(S[C@@H](C(=O)N2CCOCC2)c2ccccc2)nc2sc3c(c2c1=O)CCCC3. The zero-order chi connectivity index (χ0) is 22.1. The number of carbonyl (C=O) groups is 1. The Bertz CT molecular complexity index is 1180. The summed E-state index contributed by atoms with van der Waals surface area (Å²) in [5.41, 5.74) is 2.16. The zero-order valence-corrected chi connectivity index (χ0v) is 19.8. The van der Waals surface area contributed by atoms with Crippen molar-refractivity contribution in [1.82, 2.24) is 14.5 Å². The summed E-state index contributed by atoms with van der Waals surface area (Å²) in [5.74, 6) is 0.0481. The van der Waals surface area contributed by atoms with Crippen molar-refractivity contribution in [3.63, 3.8) is 0 Å². The molecule has 0 radical (unpaired) electrons. The summed E-state index contributed by atoms with van der Waals surface area (Å²) in [6.45, 7) is 4.80. The molecule has 2 aliphatic rings. The number of morpholine rings is 1. The molecule has 1 aliphatic heterocycles. The molecule has 1 saturated heterocycles. The minimum atomic E-state index is -0.453. The van der Waals surface area contributed by atoms with Gasteiger partial charge in [-0.25, -0.2) is 4.98 Å². The van der Waals surface area contributed by atoms with E-state index in [1.54, 1.807) is 15.9 Å². The van der Waals surface area contributed by atoms with E-state index in [1.807, 2.05) is 42.2 Å². The standard InChI is InChI=1S/C24H27N3O3S2/c1-2-27-22(28)19-17-10-6-7-11-18(17)31-21(19)25-24(27)32-20(16-8-4-3-5-9-16)23(29)26-12-14-30-15-13-26/h3-5,8-9,20H,2,6-7,10-15H2,1H3/t20-/m1/s1. The molecule has 1 aliphatic carbocycles. The maximum atomic E-state index is 13.5. The lowest BCUT2D eigenvalue weighted by molar-refractivity contribution is -0.134. The summed E-state index contributed by atoms with van der Waals surface area (Å²) in [5, 5.41) is 0.969. The molecular formula is C24H27N3O3S2. The molecule has 32 heavy (non-hydrogen) atoms. The molecule has 168 valence electrons. The summed E-state index contributed by atoms with van der Waals surface area (Å²) in [6, 6.07) is 9.81. The lowest BCUT2D eigenvalue weighted by Crippen LogP contribution is -2.42. The highest BCUT2D eigenvalue weighted by Crippen LogP contribution is 2.39. The van der Waals surface area contributed by atoms with Crippen LogP contribution in [0.4, 0.5) is 0 Å². The van der Waals surface area contributed by atoms with E-state index in [0.29, 0.717) is 38.0 Å². The van der Waals surface area contributed by atoms with Crippen LogP contribution in [0.2, 0.25) is 0 Å². The molecule has 1 amide bonds. The molecular weight excluding hydrogens is 442 g/mol. The van der Waals surface area contributed by atoms with Crippen LogP contribution in [0.3, 0.4) is 0 Å². The van der Waals surface area contributed by atoms with Crippen molar-refractivity contribution in [2.45, 2.75) is 49.6 Å². The first-order chi connectivity index (χ1) is 15.7. The van der Waals surface area contributed by atoms with Crippen LogP contribution < -0.4 is 5.56 Å². The van der Waals surface area contributed by atoms with Crippen molar-refractivity contribution in [2.24, 2.45) is 0 Å². The molecule has 0 N–H and O–H groups in total. The minimum Gasteiger partial charge on any atom is -0.378 e. The summed E-state index contributed by atoms with van der Waals surface area (Å²) >= 11 is 3.05. The molecule has 1 fully saturated rings. The van der Waals surface area contributed by atoms with E-state index in [0.717, 1.165) is 35.0 Å². The highest BCUT2D eigenvalue weighted by atomic mass is 32.2. The number of nitrogens with zero attached hydrogens (tertiary/aromatic N) is 3. The number of fused-ring (bicyclic) bond motifs is 3. The van der Waals surface area contributed by atoms with Crippen molar-refractivity contribution < 1.29 is 9.53 Å².